The van der Waals surface area contributed by atoms with Crippen molar-refractivity contribution in [3.05, 3.63) is 57.6 Å². The second-order valence-corrected chi connectivity index (χ2v) is 7.40. The fourth-order valence-corrected chi connectivity index (χ4v) is 3.58. The molecular weight excluding hydrogens is 393 g/mol. The molecule has 2 aromatic rings. The van der Waals surface area contributed by atoms with Crippen molar-refractivity contribution < 1.29 is 14.3 Å². The van der Waals surface area contributed by atoms with Gasteiger partial charge in [-0.2, -0.15) is 0 Å². The predicted octanol–water partition coefficient (Wildman–Crippen LogP) is 5.14. The van der Waals surface area contributed by atoms with Gasteiger partial charge in [0.2, 0.25) is 0 Å². The number of esters is 1. The molecule has 0 aromatic heterocycles. The molecule has 0 bridgehead atoms. The first-order valence-electron chi connectivity index (χ1n) is 8.02. The summed E-state index contributed by atoms with van der Waals surface area (Å²) in [6.07, 6.45) is 0.800. The Labute approximate surface area is 167 Å². The number of carbonyl (C=O) groups excluding carboxylic acids is 2. The molecule has 7 heteroatoms. The lowest BCUT2D eigenvalue weighted by atomic mass is 10.1. The molecule has 2 aromatic carbocycles. The third-order valence-corrected chi connectivity index (χ3v) is 5.31. The number of benzene rings is 2. The van der Waals surface area contributed by atoms with E-state index in [0.29, 0.717) is 14.9 Å². The van der Waals surface area contributed by atoms with E-state index in [-0.39, 0.29) is 18.3 Å². The van der Waals surface area contributed by atoms with Crippen LogP contribution in [-0.2, 0) is 20.7 Å². The summed E-state index contributed by atoms with van der Waals surface area (Å²) in [6.45, 7) is 3.61. The summed E-state index contributed by atoms with van der Waals surface area (Å²) < 4.78 is 5.03. The molecule has 0 heterocycles. The molecule has 138 valence electrons. The number of aryl methyl sites for hydroxylation is 2. The highest BCUT2D eigenvalue weighted by atomic mass is 35.5. The maximum atomic E-state index is 12.1. The predicted molar refractivity (Wildman–Crippen MR) is 107 cm³/mol. The van der Waals surface area contributed by atoms with Crippen LogP contribution in [0.2, 0.25) is 10.0 Å². The van der Waals surface area contributed by atoms with Crippen molar-refractivity contribution >= 4 is 52.5 Å². The molecule has 0 radical (unpaired) electrons. The molecule has 0 unspecified atom stereocenters. The Bertz CT molecular complexity index is 811. The van der Waals surface area contributed by atoms with Gasteiger partial charge in [-0.3, -0.25) is 9.59 Å². The van der Waals surface area contributed by atoms with Gasteiger partial charge in [-0.15, -0.1) is 11.8 Å². The zero-order valence-corrected chi connectivity index (χ0v) is 16.8. The van der Waals surface area contributed by atoms with Gasteiger partial charge in [0.05, 0.1) is 10.8 Å². The zero-order valence-electron chi connectivity index (χ0n) is 14.5. The second-order valence-electron chi connectivity index (χ2n) is 5.53. The molecule has 1 amide bonds. The van der Waals surface area contributed by atoms with Crippen molar-refractivity contribution in [3.63, 3.8) is 0 Å². The second kappa shape index (κ2) is 9.86. The quantitative estimate of drug-likeness (QED) is 0.506. The van der Waals surface area contributed by atoms with Crippen LogP contribution in [0.4, 0.5) is 5.69 Å². The Balaban J connectivity index is 1.84. The molecule has 0 saturated heterocycles. The summed E-state index contributed by atoms with van der Waals surface area (Å²) in [7, 11) is 0. The highest BCUT2D eigenvalue weighted by Crippen LogP contribution is 2.29. The van der Waals surface area contributed by atoms with E-state index in [1.807, 2.05) is 32.0 Å². The summed E-state index contributed by atoms with van der Waals surface area (Å²) >= 11 is 13.2. The maximum absolute atomic E-state index is 12.1. The van der Waals surface area contributed by atoms with Gasteiger partial charge in [-0.1, -0.05) is 48.3 Å². The summed E-state index contributed by atoms with van der Waals surface area (Å²) in [4.78, 5) is 24.6. The topological polar surface area (TPSA) is 55.4 Å². The van der Waals surface area contributed by atoms with Gasteiger partial charge in [0, 0.05) is 15.6 Å². The molecule has 0 aliphatic heterocycles. The van der Waals surface area contributed by atoms with E-state index in [2.05, 4.69) is 5.32 Å². The molecule has 0 aliphatic rings. The van der Waals surface area contributed by atoms with Gasteiger partial charge >= 0.3 is 5.97 Å². The molecule has 2 rings (SSSR count). The first kappa shape index (κ1) is 20.6. The van der Waals surface area contributed by atoms with Crippen LogP contribution in [0, 0.1) is 6.92 Å². The Morgan fingerprint density at radius 3 is 2.69 bits per heavy atom. The third kappa shape index (κ3) is 5.94. The molecule has 0 saturated carbocycles. The van der Waals surface area contributed by atoms with Crippen LogP contribution < -0.4 is 5.32 Å². The lowest BCUT2D eigenvalue weighted by Gasteiger charge is -2.13. The van der Waals surface area contributed by atoms with E-state index < -0.39 is 5.97 Å². The Morgan fingerprint density at radius 1 is 1.19 bits per heavy atom. The zero-order chi connectivity index (χ0) is 19.1. The van der Waals surface area contributed by atoms with E-state index in [0.717, 1.165) is 23.2 Å². The lowest BCUT2D eigenvalue weighted by molar-refractivity contribution is -0.144. The first-order chi connectivity index (χ1) is 12.4. The van der Waals surface area contributed by atoms with Crippen LogP contribution in [0.15, 0.2) is 41.3 Å². The lowest BCUT2D eigenvalue weighted by Crippen LogP contribution is -2.22. The molecule has 1 N–H and O–H groups in total. The van der Waals surface area contributed by atoms with Gasteiger partial charge in [-0.05, 0) is 42.7 Å². The van der Waals surface area contributed by atoms with E-state index in [9.17, 15) is 9.59 Å². The number of hydrogen-bond acceptors (Lipinski definition) is 4. The minimum absolute atomic E-state index is 0.0396. The number of halogens is 2. The van der Waals surface area contributed by atoms with E-state index in [1.165, 1.54) is 11.8 Å². The van der Waals surface area contributed by atoms with Crippen LogP contribution in [0.25, 0.3) is 0 Å². The standard InChI is InChI=1S/C19H19Cl2NO3S/c1-3-13-6-4-5-12(2)19(13)22-17(23)10-25-18(24)11-26-16-9-14(20)7-8-15(16)21/h4-9H,3,10-11H2,1-2H3,(H,22,23). The van der Waals surface area contributed by atoms with Crippen molar-refractivity contribution in [1.82, 2.24) is 0 Å². The number of amides is 1. The highest BCUT2D eigenvalue weighted by molar-refractivity contribution is 8.00. The van der Waals surface area contributed by atoms with Gasteiger partial charge in [0.1, 0.15) is 0 Å². The van der Waals surface area contributed by atoms with E-state index >= 15 is 0 Å². The highest BCUT2D eigenvalue weighted by Gasteiger charge is 2.12. The van der Waals surface area contributed by atoms with Gasteiger partial charge in [0.15, 0.2) is 6.61 Å². The van der Waals surface area contributed by atoms with Gasteiger partial charge in [0.25, 0.3) is 5.91 Å². The van der Waals surface area contributed by atoms with Crippen LogP contribution in [0.5, 0.6) is 0 Å². The van der Waals surface area contributed by atoms with Crippen LogP contribution >= 0.6 is 35.0 Å². The number of nitrogens with one attached hydrogen (secondary N) is 1. The molecule has 0 aliphatic carbocycles. The number of hydrogen-bond donors (Lipinski definition) is 1. The smallest absolute Gasteiger partial charge is 0.316 e. The molecule has 4 nitrogen and oxygen atoms in total. The summed E-state index contributed by atoms with van der Waals surface area (Å²) in [5.41, 5.74) is 2.78. The third-order valence-electron chi connectivity index (χ3n) is 3.61. The Morgan fingerprint density at radius 2 is 1.96 bits per heavy atom. The van der Waals surface area contributed by atoms with Crippen LogP contribution in [0.3, 0.4) is 0 Å². The molecular formula is C19H19Cl2NO3S. The van der Waals surface area contributed by atoms with Crippen LogP contribution in [0.1, 0.15) is 18.1 Å². The van der Waals surface area contributed by atoms with E-state index in [4.69, 9.17) is 27.9 Å². The molecule has 26 heavy (non-hydrogen) atoms. The van der Waals surface area contributed by atoms with Crippen molar-refractivity contribution in [2.75, 3.05) is 17.7 Å². The van der Waals surface area contributed by atoms with Crippen molar-refractivity contribution in [2.24, 2.45) is 0 Å². The van der Waals surface area contributed by atoms with Crippen LogP contribution in [-0.4, -0.2) is 24.2 Å². The number of thioether (sulfide) groups is 1. The average Bonchev–Trinajstić information content (AvgIpc) is 2.62. The normalized spacial score (nSPS) is 10.5. The molecule has 0 spiro atoms. The van der Waals surface area contributed by atoms with Crippen molar-refractivity contribution in [3.8, 4) is 0 Å². The summed E-state index contributed by atoms with van der Waals surface area (Å²) in [5, 5.41) is 3.86. The molecule has 0 fully saturated rings. The largest absolute Gasteiger partial charge is 0.455 e. The van der Waals surface area contributed by atoms with Gasteiger partial charge in [-0.25, -0.2) is 0 Å². The Hall–Kier alpha value is -1.69. The number of anilines is 1. The maximum Gasteiger partial charge on any atom is 0.316 e. The first-order valence-corrected chi connectivity index (χ1v) is 9.76. The number of ether oxygens (including phenoxy) is 1. The minimum Gasteiger partial charge on any atom is -0.455 e. The molecule has 0 atom stereocenters. The van der Waals surface area contributed by atoms with Crippen molar-refractivity contribution in [1.29, 1.82) is 0 Å². The van der Waals surface area contributed by atoms with Gasteiger partial charge < -0.3 is 10.1 Å². The van der Waals surface area contributed by atoms with Crippen molar-refractivity contribution in [2.45, 2.75) is 25.2 Å². The fraction of sp³-hybridized carbons (Fsp3) is 0.263. The summed E-state index contributed by atoms with van der Waals surface area (Å²) in [6, 6.07) is 10.8. The fourth-order valence-electron chi connectivity index (χ4n) is 2.29. The Kier molecular flexibility index (Phi) is 7.82. The monoisotopic (exact) mass is 411 g/mol. The number of rotatable bonds is 7. The van der Waals surface area contributed by atoms with E-state index in [1.54, 1.807) is 18.2 Å². The number of para-hydroxylation sites is 1. The number of carbonyl (C=O) groups is 2. The minimum atomic E-state index is -0.498. The SMILES string of the molecule is CCc1cccc(C)c1NC(=O)COC(=O)CSc1cc(Cl)ccc1Cl. The average molecular weight is 412 g/mol. The summed E-state index contributed by atoms with van der Waals surface area (Å²) in [5.74, 6) is -0.826.